The topological polar surface area (TPSA) is 61.3 Å². The van der Waals surface area contributed by atoms with Crippen LogP contribution in [0.2, 0.25) is 0 Å². The largest absolute Gasteiger partial charge is 0.391 e. The van der Waals surface area contributed by atoms with Crippen LogP contribution in [0.25, 0.3) is 11.0 Å². The van der Waals surface area contributed by atoms with Gasteiger partial charge in [-0.25, -0.2) is 9.97 Å². The van der Waals surface area contributed by atoms with Crippen molar-refractivity contribution < 1.29 is 5.11 Å². The number of benzene rings is 1. The van der Waals surface area contributed by atoms with Gasteiger partial charge in [-0.1, -0.05) is 12.1 Å². The number of aliphatic hydroxyl groups excluding tert-OH is 1. The van der Waals surface area contributed by atoms with E-state index in [-0.39, 0.29) is 6.10 Å². The Morgan fingerprint density at radius 2 is 1.85 bits per heavy atom. The van der Waals surface area contributed by atoms with E-state index >= 15 is 0 Å². The second-order valence-corrected chi connectivity index (χ2v) is 5.69. The number of para-hydroxylation sites is 2. The Balaban J connectivity index is 1.78. The zero-order chi connectivity index (χ0) is 13.5. The predicted molar refractivity (Wildman–Crippen MR) is 79.0 cm³/mol. The van der Waals surface area contributed by atoms with Crippen LogP contribution in [0.3, 0.4) is 0 Å². The van der Waals surface area contributed by atoms with E-state index < -0.39 is 0 Å². The van der Waals surface area contributed by atoms with E-state index in [0.29, 0.717) is 12.6 Å². The molecule has 0 bridgehead atoms. The summed E-state index contributed by atoms with van der Waals surface area (Å²) >= 11 is 0. The third kappa shape index (κ3) is 2.18. The van der Waals surface area contributed by atoms with E-state index in [2.05, 4.69) is 10.2 Å². The first-order chi connectivity index (χ1) is 9.79. The molecule has 2 fully saturated rings. The highest BCUT2D eigenvalue weighted by Gasteiger charge is 2.28. The molecule has 1 aliphatic carbocycles. The number of hydrogen-bond donors (Lipinski definition) is 2. The van der Waals surface area contributed by atoms with Crippen LogP contribution < -0.4 is 10.2 Å². The zero-order valence-electron chi connectivity index (χ0n) is 11.3. The highest BCUT2D eigenvalue weighted by atomic mass is 16.3. The lowest BCUT2D eigenvalue weighted by Crippen LogP contribution is -2.24. The highest BCUT2D eigenvalue weighted by Crippen LogP contribution is 2.32. The SMILES string of the molecule is O[C@H]1CCN(c2nc3ccccc3nc2NC2CC2)C1. The molecule has 5 heteroatoms. The molecule has 5 nitrogen and oxygen atoms in total. The normalized spacial score (nSPS) is 22.4. The quantitative estimate of drug-likeness (QED) is 0.890. The van der Waals surface area contributed by atoms with E-state index in [1.807, 2.05) is 24.3 Å². The van der Waals surface area contributed by atoms with Crippen LogP contribution in [0, 0.1) is 0 Å². The molecule has 0 unspecified atom stereocenters. The highest BCUT2D eigenvalue weighted by molar-refractivity contribution is 5.80. The van der Waals surface area contributed by atoms with E-state index in [1.54, 1.807) is 0 Å². The third-order valence-electron chi connectivity index (χ3n) is 3.93. The zero-order valence-corrected chi connectivity index (χ0v) is 11.3. The summed E-state index contributed by atoms with van der Waals surface area (Å²) in [5.74, 6) is 1.74. The maximum Gasteiger partial charge on any atom is 0.172 e. The van der Waals surface area contributed by atoms with Gasteiger partial charge in [-0.2, -0.15) is 0 Å². The predicted octanol–water partition coefficient (Wildman–Crippen LogP) is 1.78. The first-order valence-electron chi connectivity index (χ1n) is 7.26. The van der Waals surface area contributed by atoms with Crippen LogP contribution in [0.4, 0.5) is 11.6 Å². The number of aliphatic hydroxyl groups is 1. The van der Waals surface area contributed by atoms with Gasteiger partial charge in [-0.15, -0.1) is 0 Å². The average molecular weight is 270 g/mol. The summed E-state index contributed by atoms with van der Waals surface area (Å²) < 4.78 is 0. The van der Waals surface area contributed by atoms with E-state index in [0.717, 1.165) is 35.6 Å². The molecule has 0 amide bonds. The number of rotatable bonds is 3. The van der Waals surface area contributed by atoms with Crippen LogP contribution >= 0.6 is 0 Å². The van der Waals surface area contributed by atoms with Gasteiger partial charge in [0.1, 0.15) is 0 Å². The van der Waals surface area contributed by atoms with Crippen molar-refractivity contribution in [3.8, 4) is 0 Å². The van der Waals surface area contributed by atoms with Crippen LogP contribution in [0.5, 0.6) is 0 Å². The molecule has 0 spiro atoms. The standard InChI is InChI=1S/C15H18N4O/c20-11-7-8-19(9-11)15-14(16-10-5-6-10)17-12-3-1-2-4-13(12)18-15/h1-4,10-11,20H,5-9H2,(H,16,17)/t11-/m0/s1. The molecule has 1 atom stereocenters. The summed E-state index contributed by atoms with van der Waals surface area (Å²) in [7, 11) is 0. The number of hydrogen-bond acceptors (Lipinski definition) is 5. The number of β-amino-alcohol motifs (C(OH)–C–C–N with tert-alkyl or cyclic N) is 1. The van der Waals surface area contributed by atoms with Gasteiger partial charge < -0.3 is 15.3 Å². The number of aromatic nitrogens is 2. The Morgan fingerprint density at radius 3 is 2.50 bits per heavy atom. The molecule has 0 radical (unpaired) electrons. The number of nitrogens with zero attached hydrogens (tertiary/aromatic N) is 3. The summed E-state index contributed by atoms with van der Waals surface area (Å²) in [5, 5.41) is 13.2. The molecular weight excluding hydrogens is 252 g/mol. The van der Waals surface area contributed by atoms with Crippen LogP contribution in [-0.2, 0) is 0 Å². The van der Waals surface area contributed by atoms with Crippen LogP contribution in [0.1, 0.15) is 19.3 Å². The van der Waals surface area contributed by atoms with Crippen molar-refractivity contribution in [2.24, 2.45) is 0 Å². The van der Waals surface area contributed by atoms with Crippen molar-refractivity contribution in [1.82, 2.24) is 9.97 Å². The molecule has 1 saturated heterocycles. The van der Waals surface area contributed by atoms with Gasteiger partial charge in [0.15, 0.2) is 11.6 Å². The maximum absolute atomic E-state index is 9.75. The van der Waals surface area contributed by atoms with Gasteiger partial charge in [-0.05, 0) is 31.4 Å². The minimum Gasteiger partial charge on any atom is -0.391 e. The number of nitrogens with one attached hydrogen (secondary N) is 1. The lowest BCUT2D eigenvalue weighted by Gasteiger charge is -2.20. The van der Waals surface area contributed by atoms with Gasteiger partial charge in [0, 0.05) is 19.1 Å². The molecule has 2 N–H and O–H groups in total. The monoisotopic (exact) mass is 270 g/mol. The van der Waals surface area contributed by atoms with Gasteiger partial charge in [0.2, 0.25) is 0 Å². The lowest BCUT2D eigenvalue weighted by atomic mass is 10.3. The van der Waals surface area contributed by atoms with Gasteiger partial charge in [0.05, 0.1) is 17.1 Å². The fourth-order valence-corrected chi connectivity index (χ4v) is 2.66. The molecule has 1 aromatic carbocycles. The Labute approximate surface area is 117 Å². The summed E-state index contributed by atoms with van der Waals surface area (Å²) in [6.45, 7) is 1.49. The van der Waals surface area contributed by atoms with Crippen LogP contribution in [0.15, 0.2) is 24.3 Å². The molecule has 2 aliphatic rings. The molecule has 104 valence electrons. The van der Waals surface area contributed by atoms with Crippen molar-refractivity contribution in [3.05, 3.63) is 24.3 Å². The summed E-state index contributed by atoms with van der Waals surface area (Å²) in [6.07, 6.45) is 2.96. The molecule has 2 heterocycles. The smallest absolute Gasteiger partial charge is 0.172 e. The number of anilines is 2. The van der Waals surface area contributed by atoms with Gasteiger partial charge in [0.25, 0.3) is 0 Å². The first kappa shape index (κ1) is 11.9. The Morgan fingerprint density at radius 1 is 1.10 bits per heavy atom. The second kappa shape index (κ2) is 4.59. The van der Waals surface area contributed by atoms with Crippen LogP contribution in [-0.4, -0.2) is 40.3 Å². The van der Waals surface area contributed by atoms with E-state index in [4.69, 9.17) is 9.97 Å². The van der Waals surface area contributed by atoms with E-state index in [9.17, 15) is 5.11 Å². The molecular formula is C15H18N4O. The van der Waals surface area contributed by atoms with Gasteiger partial charge in [-0.3, -0.25) is 0 Å². The van der Waals surface area contributed by atoms with Crippen molar-refractivity contribution in [2.75, 3.05) is 23.3 Å². The Hall–Kier alpha value is -1.88. The number of fused-ring (bicyclic) bond motifs is 1. The van der Waals surface area contributed by atoms with E-state index in [1.165, 1.54) is 12.8 Å². The first-order valence-corrected chi connectivity index (χ1v) is 7.26. The maximum atomic E-state index is 9.75. The minimum atomic E-state index is -0.253. The minimum absolute atomic E-state index is 0.253. The van der Waals surface area contributed by atoms with Crippen molar-refractivity contribution in [1.29, 1.82) is 0 Å². The fraction of sp³-hybridized carbons (Fsp3) is 0.467. The van der Waals surface area contributed by atoms with Crippen molar-refractivity contribution in [3.63, 3.8) is 0 Å². The Kier molecular flexibility index (Phi) is 2.73. The molecule has 1 aliphatic heterocycles. The van der Waals surface area contributed by atoms with Crippen molar-refractivity contribution in [2.45, 2.75) is 31.4 Å². The van der Waals surface area contributed by atoms with Gasteiger partial charge >= 0.3 is 0 Å². The molecule has 1 saturated carbocycles. The molecule has 4 rings (SSSR count). The molecule has 20 heavy (non-hydrogen) atoms. The summed E-state index contributed by atoms with van der Waals surface area (Å²) in [4.78, 5) is 11.6. The molecule has 1 aromatic heterocycles. The average Bonchev–Trinajstić information content (AvgIpc) is 3.17. The third-order valence-corrected chi connectivity index (χ3v) is 3.93. The van der Waals surface area contributed by atoms with Crippen molar-refractivity contribution >= 4 is 22.7 Å². The fourth-order valence-electron chi connectivity index (χ4n) is 2.66. The lowest BCUT2D eigenvalue weighted by molar-refractivity contribution is 0.198. The Bertz CT molecular complexity index is 641. The summed E-state index contributed by atoms with van der Waals surface area (Å²) in [6, 6.07) is 8.48. The molecule has 2 aromatic rings. The second-order valence-electron chi connectivity index (χ2n) is 5.69. The summed E-state index contributed by atoms with van der Waals surface area (Å²) in [5.41, 5.74) is 1.82.